The van der Waals surface area contributed by atoms with Gasteiger partial charge in [0.05, 0.1) is 5.69 Å². The number of nitrogens with zero attached hydrogens (tertiary/aromatic N) is 3. The van der Waals surface area contributed by atoms with Crippen molar-refractivity contribution >= 4 is 33.1 Å². The van der Waals surface area contributed by atoms with Crippen molar-refractivity contribution in [2.75, 3.05) is 5.73 Å². The molecule has 0 atom stereocenters. The van der Waals surface area contributed by atoms with Gasteiger partial charge in [0, 0.05) is 28.0 Å². The molecule has 4 rings (SSSR count). The maximum atomic E-state index is 5.86. The van der Waals surface area contributed by atoms with Crippen molar-refractivity contribution in [1.82, 2.24) is 19.6 Å². The van der Waals surface area contributed by atoms with Gasteiger partial charge in [-0.3, -0.25) is 4.40 Å². The second kappa shape index (κ2) is 3.33. The molecule has 3 N–H and O–H groups in total. The summed E-state index contributed by atoms with van der Waals surface area (Å²) in [6.45, 7) is 0. The predicted molar refractivity (Wildman–Crippen MR) is 72.6 cm³/mol. The van der Waals surface area contributed by atoms with Crippen LogP contribution in [0.25, 0.3) is 27.1 Å². The summed E-state index contributed by atoms with van der Waals surface area (Å²) in [5.74, 6) is 0.423. The number of benzene rings is 1. The molecule has 0 amide bonds. The molecule has 5 nitrogen and oxygen atoms in total. The molecule has 0 unspecified atom stereocenters. The number of aromatic nitrogens is 4. The van der Waals surface area contributed by atoms with Crippen molar-refractivity contribution in [1.29, 1.82) is 0 Å². The molecule has 0 spiro atoms. The second-order valence-electron chi connectivity index (χ2n) is 4.05. The number of nitrogen functional groups attached to an aromatic ring is 1. The van der Waals surface area contributed by atoms with E-state index in [4.69, 9.17) is 5.73 Å². The van der Waals surface area contributed by atoms with Crippen LogP contribution in [0.15, 0.2) is 35.8 Å². The number of nitrogens with two attached hydrogens (primary N) is 1. The molecular formula is C12H9N5S. The average molecular weight is 255 g/mol. The van der Waals surface area contributed by atoms with Crippen LogP contribution < -0.4 is 5.73 Å². The number of rotatable bonds is 1. The van der Waals surface area contributed by atoms with Gasteiger partial charge in [0.2, 0.25) is 10.9 Å². The molecule has 1 aromatic carbocycles. The van der Waals surface area contributed by atoms with Crippen molar-refractivity contribution in [3.63, 3.8) is 0 Å². The zero-order valence-electron chi connectivity index (χ0n) is 9.29. The Hall–Kier alpha value is -2.34. The summed E-state index contributed by atoms with van der Waals surface area (Å²) >= 11 is 1.54. The standard InChI is InChI=1S/C12H9N5S/c13-11-15-16-12-17(11)10(6-18-12)8-5-14-9-4-2-1-3-7(8)9/h1-6,14H,(H2,13,15). The van der Waals surface area contributed by atoms with Gasteiger partial charge in [-0.25, -0.2) is 0 Å². The van der Waals surface area contributed by atoms with Crippen molar-refractivity contribution < 1.29 is 0 Å². The minimum absolute atomic E-state index is 0.423. The monoisotopic (exact) mass is 255 g/mol. The lowest BCUT2D eigenvalue weighted by molar-refractivity contribution is 1.12. The van der Waals surface area contributed by atoms with E-state index in [9.17, 15) is 0 Å². The molecule has 6 heteroatoms. The maximum Gasteiger partial charge on any atom is 0.227 e. The highest BCUT2D eigenvalue weighted by Crippen LogP contribution is 2.32. The van der Waals surface area contributed by atoms with E-state index in [2.05, 4.69) is 32.7 Å². The molecule has 0 aliphatic rings. The molecule has 0 fully saturated rings. The van der Waals surface area contributed by atoms with Crippen LogP contribution >= 0.6 is 11.3 Å². The molecule has 3 aromatic heterocycles. The molecule has 0 radical (unpaired) electrons. The number of thiazole rings is 1. The minimum atomic E-state index is 0.423. The van der Waals surface area contributed by atoms with Gasteiger partial charge >= 0.3 is 0 Å². The molecule has 0 saturated heterocycles. The van der Waals surface area contributed by atoms with Crippen LogP contribution in [0, 0.1) is 0 Å². The SMILES string of the molecule is Nc1nnc2scc(-c3c[nH]c4ccccc34)n12. The highest BCUT2D eigenvalue weighted by molar-refractivity contribution is 7.15. The first-order chi connectivity index (χ1) is 8.84. The Bertz CT molecular complexity index is 854. The number of anilines is 1. The highest BCUT2D eigenvalue weighted by Gasteiger charge is 2.14. The normalized spacial score (nSPS) is 11.6. The van der Waals surface area contributed by atoms with Crippen LogP contribution in [-0.2, 0) is 0 Å². The van der Waals surface area contributed by atoms with Crippen LogP contribution in [-0.4, -0.2) is 19.6 Å². The molecule has 0 aliphatic heterocycles. The van der Waals surface area contributed by atoms with Crippen molar-refractivity contribution in [2.45, 2.75) is 0 Å². The van der Waals surface area contributed by atoms with E-state index in [1.54, 1.807) is 0 Å². The lowest BCUT2D eigenvalue weighted by Gasteiger charge is -1.98. The topological polar surface area (TPSA) is 72.0 Å². The van der Waals surface area contributed by atoms with Crippen molar-refractivity contribution in [3.8, 4) is 11.3 Å². The first kappa shape index (κ1) is 9.67. The lowest BCUT2D eigenvalue weighted by Crippen LogP contribution is -1.94. The zero-order chi connectivity index (χ0) is 12.1. The average Bonchev–Trinajstić information content (AvgIpc) is 3.06. The third-order valence-electron chi connectivity index (χ3n) is 3.04. The zero-order valence-corrected chi connectivity index (χ0v) is 10.1. The summed E-state index contributed by atoms with van der Waals surface area (Å²) in [5, 5.41) is 11.1. The van der Waals surface area contributed by atoms with Crippen LogP contribution in [0.4, 0.5) is 5.95 Å². The number of nitrogens with one attached hydrogen (secondary N) is 1. The van der Waals surface area contributed by atoms with E-state index >= 15 is 0 Å². The summed E-state index contributed by atoms with van der Waals surface area (Å²) in [7, 11) is 0. The summed E-state index contributed by atoms with van der Waals surface area (Å²) in [5.41, 5.74) is 9.10. The number of hydrogen-bond donors (Lipinski definition) is 2. The van der Waals surface area contributed by atoms with Gasteiger partial charge in [0.15, 0.2) is 0 Å². The Morgan fingerprint density at radius 1 is 1.22 bits per heavy atom. The quantitative estimate of drug-likeness (QED) is 0.549. The molecule has 4 aromatic rings. The van der Waals surface area contributed by atoms with Gasteiger partial charge in [-0.1, -0.05) is 18.2 Å². The van der Waals surface area contributed by atoms with Crippen molar-refractivity contribution in [3.05, 3.63) is 35.8 Å². The smallest absolute Gasteiger partial charge is 0.227 e. The largest absolute Gasteiger partial charge is 0.368 e. The van der Waals surface area contributed by atoms with Gasteiger partial charge in [-0.15, -0.1) is 21.5 Å². The molecule has 18 heavy (non-hydrogen) atoms. The van der Waals surface area contributed by atoms with Crippen LogP contribution in [0.3, 0.4) is 0 Å². The fraction of sp³-hybridized carbons (Fsp3) is 0. The van der Waals surface area contributed by atoms with E-state index in [0.29, 0.717) is 5.95 Å². The van der Waals surface area contributed by atoms with E-state index in [1.807, 2.05) is 22.7 Å². The Kier molecular flexibility index (Phi) is 1.79. The van der Waals surface area contributed by atoms with E-state index in [0.717, 1.165) is 21.7 Å². The number of para-hydroxylation sites is 1. The highest BCUT2D eigenvalue weighted by atomic mass is 32.1. The Morgan fingerprint density at radius 2 is 2.11 bits per heavy atom. The maximum absolute atomic E-state index is 5.86. The molecule has 0 bridgehead atoms. The van der Waals surface area contributed by atoms with Gasteiger partial charge in [0.25, 0.3) is 0 Å². The predicted octanol–water partition coefficient (Wildman–Crippen LogP) is 2.52. The van der Waals surface area contributed by atoms with Crippen LogP contribution in [0.5, 0.6) is 0 Å². The van der Waals surface area contributed by atoms with Crippen LogP contribution in [0.2, 0.25) is 0 Å². The van der Waals surface area contributed by atoms with Crippen LogP contribution in [0.1, 0.15) is 0 Å². The van der Waals surface area contributed by atoms with E-state index < -0.39 is 0 Å². The first-order valence-corrected chi connectivity index (χ1v) is 6.37. The number of H-pyrrole nitrogens is 1. The molecular weight excluding hydrogens is 246 g/mol. The summed E-state index contributed by atoms with van der Waals surface area (Å²) in [4.78, 5) is 4.08. The summed E-state index contributed by atoms with van der Waals surface area (Å²) in [6, 6.07) is 8.18. The van der Waals surface area contributed by atoms with Gasteiger partial charge in [0.1, 0.15) is 0 Å². The summed E-state index contributed by atoms with van der Waals surface area (Å²) in [6.07, 6.45) is 1.99. The van der Waals surface area contributed by atoms with E-state index in [-0.39, 0.29) is 0 Å². The molecule has 3 heterocycles. The third-order valence-corrected chi connectivity index (χ3v) is 3.86. The lowest BCUT2D eigenvalue weighted by atomic mass is 10.1. The molecule has 0 aliphatic carbocycles. The Balaban J connectivity index is 2.10. The number of aromatic amines is 1. The minimum Gasteiger partial charge on any atom is -0.368 e. The van der Waals surface area contributed by atoms with Crippen molar-refractivity contribution in [2.24, 2.45) is 0 Å². The van der Waals surface area contributed by atoms with Gasteiger partial charge in [-0.2, -0.15) is 0 Å². The first-order valence-electron chi connectivity index (χ1n) is 5.49. The molecule has 0 saturated carbocycles. The second-order valence-corrected chi connectivity index (χ2v) is 4.88. The summed E-state index contributed by atoms with van der Waals surface area (Å²) < 4.78 is 1.88. The number of hydrogen-bond acceptors (Lipinski definition) is 4. The van der Waals surface area contributed by atoms with Gasteiger partial charge in [-0.05, 0) is 6.07 Å². The fourth-order valence-corrected chi connectivity index (χ4v) is 3.05. The fourth-order valence-electron chi connectivity index (χ4n) is 2.21. The Morgan fingerprint density at radius 3 is 3.06 bits per heavy atom. The van der Waals surface area contributed by atoms with E-state index in [1.165, 1.54) is 16.7 Å². The Labute approximate surface area is 106 Å². The molecule has 88 valence electrons. The van der Waals surface area contributed by atoms with Gasteiger partial charge < -0.3 is 10.7 Å². The number of fused-ring (bicyclic) bond motifs is 2. The third kappa shape index (κ3) is 1.15.